The lowest BCUT2D eigenvalue weighted by molar-refractivity contribution is 0.574. The molecule has 0 bridgehead atoms. The molecule has 0 amide bonds. The Morgan fingerprint density at radius 3 is 2.63 bits per heavy atom. The zero-order valence-electron chi connectivity index (χ0n) is 10.8. The second kappa shape index (κ2) is 4.63. The van der Waals surface area contributed by atoms with Gasteiger partial charge in [0.15, 0.2) is 0 Å². The summed E-state index contributed by atoms with van der Waals surface area (Å²) in [6, 6.07) is 10.2. The molecular weight excluding hydrogens is 256 g/mol. The minimum absolute atomic E-state index is 0.0483. The second-order valence-electron chi connectivity index (χ2n) is 4.74. The fourth-order valence-electron chi connectivity index (χ4n) is 2.11. The van der Waals surface area contributed by atoms with Crippen molar-refractivity contribution in [1.82, 2.24) is 9.55 Å². The molecule has 0 saturated heterocycles. The van der Waals surface area contributed by atoms with Gasteiger partial charge in [-0.2, -0.15) is 0 Å². The zero-order valence-corrected chi connectivity index (χ0v) is 11.6. The summed E-state index contributed by atoms with van der Waals surface area (Å²) in [6.45, 7) is 3.97. The van der Waals surface area contributed by atoms with E-state index in [1.54, 1.807) is 10.9 Å². The summed E-state index contributed by atoms with van der Waals surface area (Å²) in [4.78, 5) is 16.8. The standard InChI is InChI=1S/C15H14N2OS/c1-10(2)17-9-16-13-12(8-19-14(13)15(17)18)11-6-4-3-5-7-11/h3-10H,1-2H3. The lowest BCUT2D eigenvalue weighted by Crippen LogP contribution is -2.21. The van der Waals surface area contributed by atoms with Crippen LogP contribution in [-0.2, 0) is 0 Å². The van der Waals surface area contributed by atoms with Crippen LogP contribution >= 0.6 is 11.3 Å². The van der Waals surface area contributed by atoms with Crippen molar-refractivity contribution in [3.8, 4) is 11.1 Å². The first-order valence-corrected chi connectivity index (χ1v) is 7.10. The molecule has 0 atom stereocenters. The second-order valence-corrected chi connectivity index (χ2v) is 5.62. The molecule has 4 heteroatoms. The normalized spacial score (nSPS) is 11.3. The number of nitrogens with zero attached hydrogens (tertiary/aromatic N) is 2. The molecule has 3 aromatic rings. The van der Waals surface area contributed by atoms with Crippen molar-refractivity contribution in [1.29, 1.82) is 0 Å². The Balaban J connectivity index is 2.27. The van der Waals surface area contributed by atoms with Gasteiger partial charge in [-0.3, -0.25) is 9.36 Å². The Hall–Kier alpha value is -1.94. The third kappa shape index (κ3) is 1.98. The number of benzene rings is 1. The summed E-state index contributed by atoms with van der Waals surface area (Å²) >= 11 is 1.47. The van der Waals surface area contributed by atoms with Crippen LogP contribution in [0.2, 0.25) is 0 Å². The molecule has 0 aliphatic heterocycles. The Kier molecular flexibility index (Phi) is 2.95. The van der Waals surface area contributed by atoms with Crippen molar-refractivity contribution in [3.05, 3.63) is 52.4 Å². The van der Waals surface area contributed by atoms with Crippen molar-refractivity contribution in [2.24, 2.45) is 0 Å². The minimum atomic E-state index is 0.0483. The van der Waals surface area contributed by atoms with Crippen LogP contribution in [0.4, 0.5) is 0 Å². The molecule has 0 fully saturated rings. The summed E-state index contributed by atoms with van der Waals surface area (Å²) < 4.78 is 2.41. The van der Waals surface area contributed by atoms with E-state index in [0.717, 1.165) is 21.3 Å². The van der Waals surface area contributed by atoms with Gasteiger partial charge < -0.3 is 0 Å². The minimum Gasteiger partial charge on any atom is -0.295 e. The highest BCUT2D eigenvalue weighted by molar-refractivity contribution is 7.17. The van der Waals surface area contributed by atoms with Crippen LogP contribution in [0.15, 0.2) is 46.8 Å². The van der Waals surface area contributed by atoms with Gasteiger partial charge in [-0.25, -0.2) is 4.98 Å². The van der Waals surface area contributed by atoms with E-state index in [-0.39, 0.29) is 11.6 Å². The number of rotatable bonds is 2. The zero-order chi connectivity index (χ0) is 13.4. The van der Waals surface area contributed by atoms with Crippen molar-refractivity contribution in [2.75, 3.05) is 0 Å². The molecule has 3 rings (SSSR count). The molecule has 3 nitrogen and oxygen atoms in total. The van der Waals surface area contributed by atoms with Crippen LogP contribution in [0, 0.1) is 0 Å². The molecule has 2 heterocycles. The molecule has 0 aliphatic rings. The molecule has 96 valence electrons. The average Bonchev–Trinajstić information content (AvgIpc) is 2.84. The smallest absolute Gasteiger partial charge is 0.271 e. The van der Waals surface area contributed by atoms with E-state index >= 15 is 0 Å². The van der Waals surface area contributed by atoms with Crippen molar-refractivity contribution < 1.29 is 0 Å². The largest absolute Gasteiger partial charge is 0.295 e. The summed E-state index contributed by atoms with van der Waals surface area (Å²) in [6.07, 6.45) is 1.65. The van der Waals surface area contributed by atoms with Crippen LogP contribution in [0.25, 0.3) is 21.3 Å². The van der Waals surface area contributed by atoms with Gasteiger partial charge in [0, 0.05) is 17.0 Å². The summed E-state index contributed by atoms with van der Waals surface area (Å²) in [7, 11) is 0. The maximum Gasteiger partial charge on any atom is 0.271 e. The molecule has 1 aromatic carbocycles. The van der Waals surface area contributed by atoms with Crippen molar-refractivity contribution in [2.45, 2.75) is 19.9 Å². The number of thiophene rings is 1. The van der Waals surface area contributed by atoms with Crippen LogP contribution in [-0.4, -0.2) is 9.55 Å². The third-order valence-corrected chi connectivity index (χ3v) is 4.10. The van der Waals surface area contributed by atoms with Crippen molar-refractivity contribution >= 4 is 21.6 Å². The molecular formula is C15H14N2OS. The summed E-state index contributed by atoms with van der Waals surface area (Å²) in [5.74, 6) is 0. The van der Waals surface area contributed by atoms with Gasteiger partial charge in [0.05, 0.1) is 11.8 Å². The van der Waals surface area contributed by atoms with E-state index in [0.29, 0.717) is 0 Å². The molecule has 0 unspecified atom stereocenters. The van der Waals surface area contributed by atoms with Gasteiger partial charge in [-0.1, -0.05) is 30.3 Å². The van der Waals surface area contributed by atoms with Crippen LogP contribution in [0.1, 0.15) is 19.9 Å². The van der Waals surface area contributed by atoms with E-state index in [4.69, 9.17) is 0 Å². The molecule has 0 radical (unpaired) electrons. The Bertz CT molecular complexity index is 772. The Labute approximate surface area is 115 Å². The van der Waals surface area contributed by atoms with Gasteiger partial charge in [-0.05, 0) is 19.4 Å². The lowest BCUT2D eigenvalue weighted by atomic mass is 10.1. The molecule has 0 spiro atoms. The van der Waals surface area contributed by atoms with Gasteiger partial charge in [0.25, 0.3) is 5.56 Å². The van der Waals surface area contributed by atoms with E-state index in [9.17, 15) is 4.79 Å². The first kappa shape index (κ1) is 12.1. The first-order chi connectivity index (χ1) is 9.18. The topological polar surface area (TPSA) is 34.9 Å². The van der Waals surface area contributed by atoms with E-state index < -0.39 is 0 Å². The van der Waals surface area contributed by atoms with Gasteiger partial charge in [0.1, 0.15) is 4.70 Å². The number of fused-ring (bicyclic) bond motifs is 1. The molecule has 19 heavy (non-hydrogen) atoms. The summed E-state index contributed by atoms with van der Waals surface area (Å²) in [5.41, 5.74) is 2.99. The predicted molar refractivity (Wildman–Crippen MR) is 79.7 cm³/mol. The van der Waals surface area contributed by atoms with Crippen LogP contribution in [0.3, 0.4) is 0 Å². The predicted octanol–water partition coefficient (Wildman–Crippen LogP) is 3.71. The maximum atomic E-state index is 12.3. The van der Waals surface area contributed by atoms with Crippen LogP contribution in [0.5, 0.6) is 0 Å². The monoisotopic (exact) mass is 270 g/mol. The van der Waals surface area contributed by atoms with E-state index in [1.165, 1.54) is 11.3 Å². The quantitative estimate of drug-likeness (QED) is 0.711. The highest BCUT2D eigenvalue weighted by Crippen LogP contribution is 2.30. The molecule has 0 aliphatic carbocycles. The Morgan fingerprint density at radius 2 is 1.95 bits per heavy atom. The molecule has 2 aromatic heterocycles. The first-order valence-electron chi connectivity index (χ1n) is 6.22. The fourth-order valence-corrected chi connectivity index (χ4v) is 3.08. The van der Waals surface area contributed by atoms with Gasteiger partial charge in [-0.15, -0.1) is 11.3 Å². The molecule has 0 N–H and O–H groups in total. The number of hydrogen-bond donors (Lipinski definition) is 0. The molecule has 0 saturated carbocycles. The maximum absolute atomic E-state index is 12.3. The van der Waals surface area contributed by atoms with E-state index in [1.807, 2.05) is 49.6 Å². The third-order valence-electron chi connectivity index (χ3n) is 3.15. The number of aromatic nitrogens is 2. The van der Waals surface area contributed by atoms with E-state index in [2.05, 4.69) is 4.98 Å². The number of hydrogen-bond acceptors (Lipinski definition) is 3. The summed E-state index contributed by atoms with van der Waals surface area (Å²) in [5, 5.41) is 2.01. The van der Waals surface area contributed by atoms with Crippen LogP contribution < -0.4 is 5.56 Å². The average molecular weight is 270 g/mol. The highest BCUT2D eigenvalue weighted by atomic mass is 32.1. The highest BCUT2D eigenvalue weighted by Gasteiger charge is 2.13. The van der Waals surface area contributed by atoms with Gasteiger partial charge in [0.2, 0.25) is 0 Å². The Morgan fingerprint density at radius 1 is 1.21 bits per heavy atom. The lowest BCUT2D eigenvalue weighted by Gasteiger charge is -2.08. The SMILES string of the molecule is CC(C)n1cnc2c(-c3ccccc3)csc2c1=O. The fraction of sp³-hybridized carbons (Fsp3) is 0.200. The van der Waals surface area contributed by atoms with Gasteiger partial charge >= 0.3 is 0 Å². The van der Waals surface area contributed by atoms with Crippen molar-refractivity contribution in [3.63, 3.8) is 0 Å².